The summed E-state index contributed by atoms with van der Waals surface area (Å²) in [5.74, 6) is 1.30. The number of rotatable bonds is 4. The molecule has 1 aromatic heterocycles. The topological polar surface area (TPSA) is 84.3 Å². The van der Waals surface area contributed by atoms with E-state index in [0.29, 0.717) is 41.6 Å². The minimum absolute atomic E-state index is 0.0811. The van der Waals surface area contributed by atoms with Gasteiger partial charge in [-0.25, -0.2) is 0 Å². The molecule has 6 rings (SSSR count). The summed E-state index contributed by atoms with van der Waals surface area (Å²) >= 11 is 0. The summed E-state index contributed by atoms with van der Waals surface area (Å²) < 4.78 is 16.4. The molecule has 3 aromatic carbocycles. The molecule has 1 N–H and O–H groups in total. The monoisotopic (exact) mass is 469 g/mol. The van der Waals surface area contributed by atoms with Gasteiger partial charge in [0.25, 0.3) is 11.8 Å². The lowest BCUT2D eigenvalue weighted by atomic mass is 10.1. The van der Waals surface area contributed by atoms with Crippen molar-refractivity contribution in [2.45, 2.75) is 0 Å². The molecule has 0 atom stereocenters. The van der Waals surface area contributed by atoms with Gasteiger partial charge in [0.2, 0.25) is 6.79 Å². The number of amides is 2. The third kappa shape index (κ3) is 4.14. The zero-order chi connectivity index (χ0) is 23.8. The van der Waals surface area contributed by atoms with Crippen molar-refractivity contribution < 1.29 is 23.5 Å². The van der Waals surface area contributed by atoms with Crippen LogP contribution in [-0.4, -0.2) is 49.7 Å². The fourth-order valence-electron chi connectivity index (χ4n) is 4.41. The Hall–Kier alpha value is -4.46. The van der Waals surface area contributed by atoms with Crippen LogP contribution in [0.5, 0.6) is 11.5 Å². The van der Waals surface area contributed by atoms with E-state index in [4.69, 9.17) is 13.9 Å². The molecular formula is C27H23N3O5. The van der Waals surface area contributed by atoms with Gasteiger partial charge in [0.05, 0.1) is 0 Å². The second-order valence-corrected chi connectivity index (χ2v) is 8.50. The quantitative estimate of drug-likeness (QED) is 0.478. The number of furan rings is 1. The van der Waals surface area contributed by atoms with E-state index in [1.807, 2.05) is 53.4 Å². The van der Waals surface area contributed by atoms with Crippen molar-refractivity contribution in [1.82, 2.24) is 4.90 Å². The Bertz CT molecular complexity index is 1370. The molecule has 0 unspecified atom stereocenters. The van der Waals surface area contributed by atoms with Gasteiger partial charge in [0, 0.05) is 48.5 Å². The van der Waals surface area contributed by atoms with Crippen LogP contribution < -0.4 is 19.7 Å². The number of hydrogen-bond acceptors (Lipinski definition) is 6. The molecule has 35 heavy (non-hydrogen) atoms. The van der Waals surface area contributed by atoms with E-state index < -0.39 is 0 Å². The van der Waals surface area contributed by atoms with Crippen LogP contribution >= 0.6 is 0 Å². The molecule has 8 heteroatoms. The lowest BCUT2D eigenvalue weighted by Crippen LogP contribution is -2.48. The first-order valence-corrected chi connectivity index (χ1v) is 11.5. The summed E-state index contributed by atoms with van der Waals surface area (Å²) in [6.07, 6.45) is 0. The second-order valence-electron chi connectivity index (χ2n) is 8.50. The number of nitrogens with one attached hydrogen (secondary N) is 1. The maximum Gasteiger partial charge on any atom is 0.289 e. The van der Waals surface area contributed by atoms with Gasteiger partial charge in [0.1, 0.15) is 5.58 Å². The molecule has 3 heterocycles. The number of carbonyl (C=O) groups excluding carboxylic acids is 2. The van der Waals surface area contributed by atoms with Crippen LogP contribution in [0.2, 0.25) is 0 Å². The number of ether oxygens (including phenoxy) is 2. The number of benzene rings is 3. The minimum Gasteiger partial charge on any atom is -0.454 e. The Kier molecular flexibility index (Phi) is 5.25. The van der Waals surface area contributed by atoms with E-state index in [0.717, 1.165) is 29.7 Å². The number of hydrogen-bond donors (Lipinski definition) is 1. The molecule has 0 aliphatic carbocycles. The molecule has 0 spiro atoms. The van der Waals surface area contributed by atoms with Gasteiger partial charge in [-0.3, -0.25) is 9.59 Å². The summed E-state index contributed by atoms with van der Waals surface area (Å²) in [6.45, 7) is 2.82. The molecule has 2 amide bonds. The second kappa shape index (κ2) is 8.72. The Morgan fingerprint density at radius 2 is 1.57 bits per heavy atom. The Balaban J connectivity index is 1.06. The highest BCUT2D eigenvalue weighted by molar-refractivity contribution is 6.04. The Morgan fingerprint density at radius 3 is 2.37 bits per heavy atom. The minimum atomic E-state index is -0.214. The molecule has 0 radical (unpaired) electrons. The highest BCUT2D eigenvalue weighted by atomic mass is 16.7. The molecule has 2 aliphatic heterocycles. The zero-order valence-electron chi connectivity index (χ0n) is 18.9. The van der Waals surface area contributed by atoms with E-state index in [1.54, 1.807) is 24.3 Å². The van der Waals surface area contributed by atoms with Crippen LogP contribution in [0, 0.1) is 0 Å². The molecule has 8 nitrogen and oxygen atoms in total. The van der Waals surface area contributed by atoms with Crippen molar-refractivity contribution in [3.63, 3.8) is 0 Å². The average Bonchev–Trinajstić information content (AvgIpc) is 3.55. The van der Waals surface area contributed by atoms with Gasteiger partial charge in [-0.15, -0.1) is 0 Å². The molecule has 176 valence electrons. The molecule has 0 saturated carbocycles. The van der Waals surface area contributed by atoms with Crippen LogP contribution in [0.4, 0.5) is 11.4 Å². The third-order valence-corrected chi connectivity index (χ3v) is 6.33. The third-order valence-electron chi connectivity index (χ3n) is 6.33. The number of anilines is 2. The normalized spacial score (nSPS) is 14.9. The Labute approximate surface area is 201 Å². The predicted octanol–water partition coefficient (Wildman–Crippen LogP) is 4.38. The molecule has 1 saturated heterocycles. The van der Waals surface area contributed by atoms with Crippen molar-refractivity contribution in [3.05, 3.63) is 84.1 Å². The van der Waals surface area contributed by atoms with E-state index in [1.165, 1.54) is 0 Å². The van der Waals surface area contributed by atoms with Crippen molar-refractivity contribution in [2.75, 3.05) is 43.2 Å². The number of carbonyl (C=O) groups is 2. The Morgan fingerprint density at radius 1 is 0.800 bits per heavy atom. The number of fused-ring (bicyclic) bond motifs is 2. The SMILES string of the molecule is O=C(Nc1ccc(N2CCN(C(=O)c3cc4ccccc4o3)CC2)cc1)c1ccc2c(c1)OCO2. The first-order valence-electron chi connectivity index (χ1n) is 11.5. The van der Waals surface area contributed by atoms with Gasteiger partial charge in [-0.2, -0.15) is 0 Å². The molecule has 4 aromatic rings. The molecule has 0 bridgehead atoms. The van der Waals surface area contributed by atoms with Crippen LogP contribution in [0.25, 0.3) is 11.0 Å². The standard InChI is InChI=1S/C27H23N3O5/c31-26(19-5-10-23-24(16-19)34-17-33-23)28-20-6-8-21(9-7-20)29-11-13-30(14-12-29)27(32)25-15-18-3-1-2-4-22(18)35-25/h1-10,15-16H,11-14,17H2,(H,28,31). The summed E-state index contributed by atoms with van der Waals surface area (Å²) in [4.78, 5) is 29.6. The van der Waals surface area contributed by atoms with E-state index in [-0.39, 0.29) is 18.6 Å². The summed E-state index contributed by atoms with van der Waals surface area (Å²) in [5.41, 5.74) is 2.97. The van der Waals surface area contributed by atoms with Gasteiger partial charge in [-0.05, 0) is 54.6 Å². The largest absolute Gasteiger partial charge is 0.454 e. The van der Waals surface area contributed by atoms with Gasteiger partial charge < -0.3 is 29.0 Å². The summed E-state index contributed by atoms with van der Waals surface area (Å²) in [6, 6.07) is 22.3. The van der Waals surface area contributed by atoms with Crippen LogP contribution in [0.3, 0.4) is 0 Å². The van der Waals surface area contributed by atoms with Crippen molar-refractivity contribution in [3.8, 4) is 11.5 Å². The number of piperazine rings is 1. The maximum atomic E-state index is 12.9. The van der Waals surface area contributed by atoms with Gasteiger partial charge in [-0.1, -0.05) is 18.2 Å². The van der Waals surface area contributed by atoms with Crippen molar-refractivity contribution >= 4 is 34.2 Å². The van der Waals surface area contributed by atoms with Gasteiger partial charge in [0.15, 0.2) is 17.3 Å². The zero-order valence-corrected chi connectivity index (χ0v) is 18.9. The fourth-order valence-corrected chi connectivity index (χ4v) is 4.41. The predicted molar refractivity (Wildman–Crippen MR) is 131 cm³/mol. The average molecular weight is 469 g/mol. The molecule has 2 aliphatic rings. The lowest BCUT2D eigenvalue weighted by Gasteiger charge is -2.35. The number of para-hydroxylation sites is 1. The van der Waals surface area contributed by atoms with Crippen LogP contribution in [-0.2, 0) is 0 Å². The molecule has 1 fully saturated rings. The first kappa shape index (κ1) is 21.1. The van der Waals surface area contributed by atoms with Gasteiger partial charge >= 0.3 is 0 Å². The van der Waals surface area contributed by atoms with Crippen LogP contribution in [0.15, 0.2) is 77.2 Å². The lowest BCUT2D eigenvalue weighted by molar-refractivity contribution is 0.0717. The van der Waals surface area contributed by atoms with Crippen LogP contribution in [0.1, 0.15) is 20.9 Å². The molecular weight excluding hydrogens is 446 g/mol. The van der Waals surface area contributed by atoms with E-state index in [9.17, 15) is 9.59 Å². The summed E-state index contributed by atoms with van der Waals surface area (Å²) in [7, 11) is 0. The van der Waals surface area contributed by atoms with E-state index >= 15 is 0 Å². The van der Waals surface area contributed by atoms with Crippen molar-refractivity contribution in [2.24, 2.45) is 0 Å². The fraction of sp³-hybridized carbons (Fsp3) is 0.185. The smallest absolute Gasteiger partial charge is 0.289 e. The summed E-state index contributed by atoms with van der Waals surface area (Å²) in [5, 5.41) is 3.84. The first-order chi connectivity index (χ1) is 17.1. The highest BCUT2D eigenvalue weighted by Gasteiger charge is 2.25. The number of nitrogens with zero attached hydrogens (tertiary/aromatic N) is 2. The van der Waals surface area contributed by atoms with E-state index in [2.05, 4.69) is 10.2 Å². The maximum absolute atomic E-state index is 12.9. The highest BCUT2D eigenvalue weighted by Crippen LogP contribution is 2.32. The van der Waals surface area contributed by atoms with Crippen molar-refractivity contribution in [1.29, 1.82) is 0 Å².